The molecule has 5 aliphatic rings. The van der Waals surface area contributed by atoms with Gasteiger partial charge in [0.2, 0.25) is 0 Å². The van der Waals surface area contributed by atoms with Gasteiger partial charge in [0, 0.05) is 0 Å². The Kier molecular flexibility index (Phi) is 3.40. The minimum atomic E-state index is 0.497. The van der Waals surface area contributed by atoms with Crippen molar-refractivity contribution in [1.29, 1.82) is 0 Å². The van der Waals surface area contributed by atoms with Crippen molar-refractivity contribution in [1.82, 2.24) is 0 Å². The summed E-state index contributed by atoms with van der Waals surface area (Å²) in [5.74, 6) is 10.4. The Labute approximate surface area is 169 Å². The van der Waals surface area contributed by atoms with Gasteiger partial charge in [-0.1, -0.05) is 76.2 Å². The molecule has 154 valence electrons. The molecule has 4 bridgehead atoms. The highest BCUT2D eigenvalue weighted by atomic mass is 14.9. The third kappa shape index (κ3) is 1.56. The Balaban J connectivity index is 1.73. The van der Waals surface area contributed by atoms with Crippen LogP contribution in [0.25, 0.3) is 0 Å². The molecule has 0 aromatic heterocycles. The quantitative estimate of drug-likeness (QED) is 0.475. The topological polar surface area (TPSA) is 0 Å². The van der Waals surface area contributed by atoms with E-state index in [-0.39, 0.29) is 0 Å². The first kappa shape index (κ1) is 19.0. The second kappa shape index (κ2) is 4.83. The Morgan fingerprint density at radius 3 is 1.81 bits per heavy atom. The molecular weight excluding hydrogens is 324 g/mol. The van der Waals surface area contributed by atoms with E-state index in [9.17, 15) is 0 Å². The molecule has 0 heterocycles. The summed E-state index contributed by atoms with van der Waals surface area (Å²) in [6.07, 6.45) is 1.53. The van der Waals surface area contributed by atoms with Crippen LogP contribution in [-0.2, 0) is 0 Å². The van der Waals surface area contributed by atoms with Gasteiger partial charge >= 0.3 is 0 Å². The summed E-state index contributed by atoms with van der Waals surface area (Å²) in [7, 11) is 0. The summed E-state index contributed by atoms with van der Waals surface area (Å²) in [6, 6.07) is 0. The molecule has 5 aliphatic carbocycles. The van der Waals surface area contributed by atoms with Crippen LogP contribution in [0.5, 0.6) is 0 Å². The van der Waals surface area contributed by atoms with Crippen LogP contribution in [0.4, 0.5) is 0 Å². The molecule has 27 heavy (non-hydrogen) atoms. The van der Waals surface area contributed by atoms with Crippen molar-refractivity contribution in [3.63, 3.8) is 0 Å². The smallest absolute Gasteiger partial charge is 0.0119 e. The molecule has 0 N–H and O–H groups in total. The van der Waals surface area contributed by atoms with Gasteiger partial charge in [0.25, 0.3) is 0 Å². The zero-order chi connectivity index (χ0) is 20.1. The first-order chi connectivity index (χ1) is 12.3. The monoisotopic (exact) mass is 370 g/mol. The molecule has 0 amide bonds. The summed E-state index contributed by atoms with van der Waals surface area (Å²) < 4.78 is 0. The molecule has 12 unspecified atom stereocenters. The largest absolute Gasteiger partial charge is 0.0625 e. The van der Waals surface area contributed by atoms with Gasteiger partial charge in [-0.05, 0) is 93.2 Å². The maximum absolute atomic E-state index is 2.84. The average Bonchev–Trinajstić information content (AvgIpc) is 3.28. The average molecular weight is 371 g/mol. The standard InChI is InChI=1S/C27H46/c1-13(2)18-12-19(18)27-23(17(6)25(27,9)10)20-14(3)21-15(4)24(7,8)16(5)22(20)26(21,27)11/h13-23H,12H2,1-11H3. The molecule has 0 aromatic rings. The minimum absolute atomic E-state index is 0.497. The zero-order valence-corrected chi connectivity index (χ0v) is 20.1. The maximum Gasteiger partial charge on any atom is -0.0119 e. The van der Waals surface area contributed by atoms with Gasteiger partial charge in [-0.2, -0.15) is 0 Å². The normalized spacial score (nSPS) is 64.4. The van der Waals surface area contributed by atoms with Crippen LogP contribution in [0.3, 0.4) is 0 Å². The van der Waals surface area contributed by atoms with E-state index in [4.69, 9.17) is 0 Å². The van der Waals surface area contributed by atoms with Crippen LogP contribution in [0.2, 0.25) is 0 Å². The van der Waals surface area contributed by atoms with Crippen molar-refractivity contribution in [2.45, 2.75) is 82.6 Å². The summed E-state index contributed by atoms with van der Waals surface area (Å²) in [5, 5.41) is 0. The highest BCUT2D eigenvalue weighted by Crippen LogP contribution is 2.94. The fourth-order valence-electron chi connectivity index (χ4n) is 11.8. The van der Waals surface area contributed by atoms with Crippen molar-refractivity contribution >= 4 is 0 Å². The fraction of sp³-hybridized carbons (Fsp3) is 1.00. The van der Waals surface area contributed by atoms with Gasteiger partial charge in [-0.25, -0.2) is 0 Å². The van der Waals surface area contributed by atoms with E-state index in [1.165, 1.54) is 6.42 Å². The molecule has 5 rings (SSSR count). The number of rotatable bonds is 2. The Hall–Kier alpha value is 0. The molecular formula is C27H46. The lowest BCUT2D eigenvalue weighted by molar-refractivity contribution is -0.296. The SMILES string of the molecule is CC(C)C1CC1C12C(C3C(C)C4C(C)C(C)(C)C(C)C3C41C)C(C)C2(C)C. The minimum Gasteiger partial charge on any atom is -0.0625 e. The molecule has 0 aromatic carbocycles. The number of hydrogen-bond acceptors (Lipinski definition) is 0. The van der Waals surface area contributed by atoms with Gasteiger partial charge in [-0.15, -0.1) is 0 Å². The lowest BCUT2D eigenvalue weighted by Crippen LogP contribution is -2.72. The highest BCUT2D eigenvalue weighted by Gasteiger charge is 2.90. The molecule has 5 saturated carbocycles. The van der Waals surface area contributed by atoms with Crippen LogP contribution in [0.1, 0.15) is 82.6 Å². The Morgan fingerprint density at radius 2 is 1.30 bits per heavy atom. The predicted octanol–water partition coefficient (Wildman–Crippen LogP) is 7.39. The third-order valence-corrected chi connectivity index (χ3v) is 13.3. The van der Waals surface area contributed by atoms with E-state index in [1.54, 1.807) is 0 Å². The Bertz CT molecular complexity index is 670. The fourth-order valence-corrected chi connectivity index (χ4v) is 11.8. The molecule has 0 saturated heterocycles. The zero-order valence-electron chi connectivity index (χ0n) is 20.1. The van der Waals surface area contributed by atoms with E-state index >= 15 is 0 Å². The predicted molar refractivity (Wildman–Crippen MR) is 115 cm³/mol. The maximum atomic E-state index is 2.84. The molecule has 0 spiro atoms. The lowest BCUT2D eigenvalue weighted by atomic mass is 9.28. The summed E-state index contributed by atoms with van der Waals surface area (Å²) in [5.41, 5.74) is 2.21. The first-order valence-electron chi connectivity index (χ1n) is 12.3. The van der Waals surface area contributed by atoms with E-state index in [2.05, 4.69) is 76.2 Å². The van der Waals surface area contributed by atoms with Gasteiger partial charge < -0.3 is 0 Å². The number of fused-ring (bicyclic) bond motifs is 2. The summed E-state index contributed by atoms with van der Waals surface area (Å²) >= 11 is 0. The van der Waals surface area contributed by atoms with Gasteiger partial charge in [0.15, 0.2) is 0 Å². The second-order valence-corrected chi connectivity index (χ2v) is 13.8. The molecule has 0 radical (unpaired) electrons. The summed E-state index contributed by atoms with van der Waals surface area (Å²) in [4.78, 5) is 0. The van der Waals surface area contributed by atoms with Crippen molar-refractivity contribution in [3.05, 3.63) is 0 Å². The molecule has 0 aliphatic heterocycles. The molecule has 5 fully saturated rings. The van der Waals surface area contributed by atoms with Crippen molar-refractivity contribution in [2.75, 3.05) is 0 Å². The first-order valence-corrected chi connectivity index (χ1v) is 12.3. The van der Waals surface area contributed by atoms with Gasteiger partial charge in [0.05, 0.1) is 0 Å². The Morgan fingerprint density at radius 1 is 0.741 bits per heavy atom. The number of hydrogen-bond donors (Lipinski definition) is 0. The van der Waals surface area contributed by atoms with E-state index in [1.807, 2.05) is 0 Å². The van der Waals surface area contributed by atoms with E-state index < -0.39 is 0 Å². The summed E-state index contributed by atoms with van der Waals surface area (Å²) in [6.45, 7) is 29.0. The van der Waals surface area contributed by atoms with Crippen LogP contribution in [-0.4, -0.2) is 0 Å². The van der Waals surface area contributed by atoms with Crippen molar-refractivity contribution in [2.24, 2.45) is 86.8 Å². The highest BCUT2D eigenvalue weighted by molar-refractivity contribution is 5.37. The molecule has 0 nitrogen and oxygen atoms in total. The van der Waals surface area contributed by atoms with Gasteiger partial charge in [-0.3, -0.25) is 0 Å². The van der Waals surface area contributed by atoms with E-state index in [0.29, 0.717) is 21.7 Å². The van der Waals surface area contributed by atoms with E-state index in [0.717, 1.165) is 65.1 Å². The molecule has 12 atom stereocenters. The lowest BCUT2D eigenvalue weighted by Gasteiger charge is -2.76. The van der Waals surface area contributed by atoms with Gasteiger partial charge in [0.1, 0.15) is 0 Å². The van der Waals surface area contributed by atoms with Crippen LogP contribution < -0.4 is 0 Å². The third-order valence-electron chi connectivity index (χ3n) is 13.3. The molecule has 0 heteroatoms. The van der Waals surface area contributed by atoms with Crippen LogP contribution >= 0.6 is 0 Å². The van der Waals surface area contributed by atoms with Crippen LogP contribution in [0, 0.1) is 86.8 Å². The second-order valence-electron chi connectivity index (χ2n) is 13.8. The van der Waals surface area contributed by atoms with Crippen molar-refractivity contribution in [3.8, 4) is 0 Å². The van der Waals surface area contributed by atoms with Crippen LogP contribution in [0.15, 0.2) is 0 Å². The van der Waals surface area contributed by atoms with Crippen molar-refractivity contribution < 1.29 is 0 Å².